The lowest BCUT2D eigenvalue weighted by Gasteiger charge is -2.38. The molecule has 0 radical (unpaired) electrons. The van der Waals surface area contributed by atoms with Gasteiger partial charge in [0.2, 0.25) is 5.91 Å². The van der Waals surface area contributed by atoms with Crippen LogP contribution in [0.5, 0.6) is 0 Å². The summed E-state index contributed by atoms with van der Waals surface area (Å²) in [5.41, 5.74) is -0.748. The van der Waals surface area contributed by atoms with Crippen molar-refractivity contribution in [2.45, 2.75) is 64.4 Å². The summed E-state index contributed by atoms with van der Waals surface area (Å²) < 4.78 is 5.66. The predicted molar refractivity (Wildman–Crippen MR) is 77.5 cm³/mol. The molecular weight excluding hydrogens is 256 g/mol. The number of aliphatic hydroxyl groups is 1. The second-order valence-electron chi connectivity index (χ2n) is 6.84. The fourth-order valence-corrected chi connectivity index (χ4v) is 3.47. The average Bonchev–Trinajstić information content (AvgIpc) is 2.75. The summed E-state index contributed by atoms with van der Waals surface area (Å²) in [7, 11) is 0. The fraction of sp³-hybridized carbons (Fsp3) is 0.933. The highest BCUT2D eigenvalue weighted by Crippen LogP contribution is 2.26. The first-order valence-electron chi connectivity index (χ1n) is 7.67. The second-order valence-corrected chi connectivity index (χ2v) is 6.84. The first-order chi connectivity index (χ1) is 9.27. The molecule has 2 fully saturated rings. The van der Waals surface area contributed by atoms with Crippen LogP contribution in [0.3, 0.4) is 0 Å². The molecule has 2 aliphatic rings. The van der Waals surface area contributed by atoms with Gasteiger partial charge in [-0.1, -0.05) is 0 Å². The summed E-state index contributed by atoms with van der Waals surface area (Å²) >= 11 is 0. The Balaban J connectivity index is 1.94. The van der Waals surface area contributed by atoms with E-state index in [1.54, 1.807) is 0 Å². The Morgan fingerprint density at radius 3 is 2.45 bits per heavy atom. The molecule has 3 atom stereocenters. The molecule has 2 heterocycles. The highest BCUT2D eigenvalue weighted by Gasteiger charge is 2.37. The standard InChI is InChI=1S/C15H28N2O3/c1-11-8-17(9-12(2)20-11)14(18)10-16-7-5-6-13(16)15(3,4)19/h11-13,19H,5-10H2,1-4H3. The molecule has 5 nitrogen and oxygen atoms in total. The van der Waals surface area contributed by atoms with Crippen LogP contribution in [0.2, 0.25) is 0 Å². The van der Waals surface area contributed by atoms with Gasteiger partial charge < -0.3 is 14.7 Å². The van der Waals surface area contributed by atoms with E-state index < -0.39 is 5.60 Å². The van der Waals surface area contributed by atoms with Crippen molar-refractivity contribution in [2.24, 2.45) is 0 Å². The molecule has 20 heavy (non-hydrogen) atoms. The van der Waals surface area contributed by atoms with Gasteiger partial charge in [0, 0.05) is 19.1 Å². The minimum absolute atomic E-state index is 0.0855. The average molecular weight is 284 g/mol. The van der Waals surface area contributed by atoms with Crippen molar-refractivity contribution < 1.29 is 14.6 Å². The summed E-state index contributed by atoms with van der Waals surface area (Å²) in [6.45, 7) is 10.3. The molecule has 0 spiro atoms. The Kier molecular flexibility index (Phi) is 4.72. The van der Waals surface area contributed by atoms with Crippen molar-refractivity contribution in [3.63, 3.8) is 0 Å². The zero-order chi connectivity index (χ0) is 14.9. The van der Waals surface area contributed by atoms with Gasteiger partial charge in [0.05, 0.1) is 24.4 Å². The number of ether oxygens (including phenoxy) is 1. The van der Waals surface area contributed by atoms with Gasteiger partial charge in [-0.3, -0.25) is 9.69 Å². The highest BCUT2D eigenvalue weighted by molar-refractivity contribution is 5.78. The van der Waals surface area contributed by atoms with Gasteiger partial charge in [0.15, 0.2) is 0 Å². The van der Waals surface area contributed by atoms with E-state index in [4.69, 9.17) is 4.74 Å². The maximum absolute atomic E-state index is 12.5. The fourth-order valence-electron chi connectivity index (χ4n) is 3.47. The van der Waals surface area contributed by atoms with E-state index in [0.717, 1.165) is 19.4 Å². The van der Waals surface area contributed by atoms with Crippen LogP contribution in [0.4, 0.5) is 0 Å². The van der Waals surface area contributed by atoms with E-state index >= 15 is 0 Å². The van der Waals surface area contributed by atoms with Crippen LogP contribution in [0.15, 0.2) is 0 Å². The molecule has 0 aromatic carbocycles. The number of nitrogens with zero attached hydrogens (tertiary/aromatic N) is 2. The topological polar surface area (TPSA) is 53.0 Å². The third-order valence-corrected chi connectivity index (χ3v) is 4.29. The maximum atomic E-state index is 12.5. The van der Waals surface area contributed by atoms with Crippen molar-refractivity contribution in [3.05, 3.63) is 0 Å². The molecule has 2 saturated heterocycles. The minimum atomic E-state index is -0.748. The Labute approximate surface area is 121 Å². The maximum Gasteiger partial charge on any atom is 0.236 e. The van der Waals surface area contributed by atoms with E-state index in [-0.39, 0.29) is 24.2 Å². The van der Waals surface area contributed by atoms with Gasteiger partial charge in [-0.15, -0.1) is 0 Å². The molecular formula is C15H28N2O3. The quantitative estimate of drug-likeness (QED) is 0.835. The van der Waals surface area contributed by atoms with Crippen LogP contribution in [0.1, 0.15) is 40.5 Å². The Morgan fingerprint density at radius 2 is 1.90 bits per heavy atom. The van der Waals surface area contributed by atoms with Gasteiger partial charge in [-0.2, -0.15) is 0 Å². The zero-order valence-electron chi connectivity index (χ0n) is 13.1. The number of amides is 1. The SMILES string of the molecule is CC1CN(C(=O)CN2CCCC2C(C)(C)O)CC(C)O1. The van der Waals surface area contributed by atoms with Crippen LogP contribution in [0.25, 0.3) is 0 Å². The van der Waals surface area contributed by atoms with E-state index in [2.05, 4.69) is 4.90 Å². The monoisotopic (exact) mass is 284 g/mol. The first-order valence-corrected chi connectivity index (χ1v) is 7.67. The van der Waals surface area contributed by atoms with E-state index in [0.29, 0.717) is 19.6 Å². The van der Waals surface area contributed by atoms with E-state index in [1.807, 2.05) is 32.6 Å². The minimum Gasteiger partial charge on any atom is -0.389 e. The molecule has 3 unspecified atom stereocenters. The van der Waals surface area contributed by atoms with Gasteiger partial charge >= 0.3 is 0 Å². The van der Waals surface area contributed by atoms with E-state index in [9.17, 15) is 9.90 Å². The van der Waals surface area contributed by atoms with Crippen molar-refractivity contribution in [1.82, 2.24) is 9.80 Å². The van der Waals surface area contributed by atoms with Gasteiger partial charge in [-0.05, 0) is 47.1 Å². The molecule has 0 aliphatic carbocycles. The van der Waals surface area contributed by atoms with Crippen molar-refractivity contribution in [2.75, 3.05) is 26.2 Å². The molecule has 2 aliphatic heterocycles. The molecule has 116 valence electrons. The third kappa shape index (κ3) is 3.71. The molecule has 0 aromatic heterocycles. The normalized spacial score (nSPS) is 32.6. The number of morpholine rings is 1. The van der Waals surface area contributed by atoms with Gasteiger partial charge in [0.25, 0.3) is 0 Å². The zero-order valence-corrected chi connectivity index (χ0v) is 13.1. The number of carbonyl (C=O) groups excluding carboxylic acids is 1. The van der Waals surface area contributed by atoms with Crippen molar-refractivity contribution in [1.29, 1.82) is 0 Å². The number of hydrogen-bond acceptors (Lipinski definition) is 4. The van der Waals surface area contributed by atoms with Crippen LogP contribution < -0.4 is 0 Å². The lowest BCUT2D eigenvalue weighted by molar-refractivity contribution is -0.145. The number of rotatable bonds is 3. The molecule has 5 heteroatoms. The predicted octanol–water partition coefficient (Wildman–Crippen LogP) is 0.857. The van der Waals surface area contributed by atoms with Crippen LogP contribution in [0, 0.1) is 0 Å². The lowest BCUT2D eigenvalue weighted by atomic mass is 9.96. The summed E-state index contributed by atoms with van der Waals surface area (Å²) in [6.07, 6.45) is 2.22. The molecule has 1 N–H and O–H groups in total. The Morgan fingerprint density at radius 1 is 1.30 bits per heavy atom. The molecule has 0 saturated carbocycles. The Hall–Kier alpha value is -0.650. The lowest BCUT2D eigenvalue weighted by Crippen LogP contribution is -2.53. The van der Waals surface area contributed by atoms with Crippen molar-refractivity contribution >= 4 is 5.91 Å². The Bertz CT molecular complexity index is 344. The van der Waals surface area contributed by atoms with Gasteiger partial charge in [-0.25, -0.2) is 0 Å². The van der Waals surface area contributed by atoms with Crippen molar-refractivity contribution in [3.8, 4) is 0 Å². The second kappa shape index (κ2) is 6.00. The number of carbonyl (C=O) groups is 1. The molecule has 2 rings (SSSR count). The third-order valence-electron chi connectivity index (χ3n) is 4.29. The smallest absolute Gasteiger partial charge is 0.236 e. The summed E-state index contributed by atoms with van der Waals surface area (Å²) in [5.74, 6) is 0.156. The molecule has 0 aromatic rings. The first kappa shape index (κ1) is 15.7. The van der Waals surface area contributed by atoms with Crippen LogP contribution >= 0.6 is 0 Å². The summed E-state index contributed by atoms with van der Waals surface area (Å²) in [5, 5.41) is 10.2. The summed E-state index contributed by atoms with van der Waals surface area (Å²) in [4.78, 5) is 16.5. The molecule has 1 amide bonds. The molecule has 0 bridgehead atoms. The van der Waals surface area contributed by atoms with E-state index in [1.165, 1.54) is 0 Å². The largest absolute Gasteiger partial charge is 0.389 e. The van der Waals surface area contributed by atoms with Crippen LogP contribution in [-0.4, -0.2) is 70.8 Å². The number of likely N-dealkylation sites (tertiary alicyclic amines) is 1. The van der Waals surface area contributed by atoms with Gasteiger partial charge in [0.1, 0.15) is 0 Å². The summed E-state index contributed by atoms with van der Waals surface area (Å²) in [6, 6.07) is 0.0855. The van der Waals surface area contributed by atoms with Crippen LogP contribution in [-0.2, 0) is 9.53 Å². The highest BCUT2D eigenvalue weighted by atomic mass is 16.5. The number of hydrogen-bond donors (Lipinski definition) is 1.